The molecule has 4 nitrogen and oxygen atoms in total. The number of esters is 1. The first kappa shape index (κ1) is 17.3. The zero-order chi connectivity index (χ0) is 13.9. The maximum atomic E-state index is 11.3. The van der Waals surface area contributed by atoms with Crippen LogP contribution >= 0.6 is 34.8 Å². The molecular formula is C10H17Cl3O4. The fraction of sp³-hybridized carbons (Fsp3) is 0.900. The van der Waals surface area contributed by atoms with E-state index in [-0.39, 0.29) is 12.8 Å². The standard InChI is InChI=1S/C10H17Cl3O4/c1-9(2,3)17-8(16)5-6(14)4-7(15)10(11,12)13/h6-7,14-15H,4-5H2,1-3H3/t6-,7+/m1/s1. The molecule has 0 aromatic rings. The summed E-state index contributed by atoms with van der Waals surface area (Å²) < 4.78 is 3.12. The smallest absolute Gasteiger partial charge is 0.308 e. The largest absolute Gasteiger partial charge is 0.460 e. The van der Waals surface area contributed by atoms with Crippen LogP contribution in [0.15, 0.2) is 0 Å². The van der Waals surface area contributed by atoms with E-state index in [1.807, 2.05) is 0 Å². The van der Waals surface area contributed by atoms with Crippen LogP contribution in [0, 0.1) is 0 Å². The van der Waals surface area contributed by atoms with Gasteiger partial charge in [-0.25, -0.2) is 0 Å². The minimum atomic E-state index is -1.88. The molecule has 0 aromatic carbocycles. The first-order valence-electron chi connectivity index (χ1n) is 5.06. The molecule has 7 heteroatoms. The van der Waals surface area contributed by atoms with Crippen molar-refractivity contribution in [2.75, 3.05) is 0 Å². The van der Waals surface area contributed by atoms with Crippen molar-refractivity contribution in [1.29, 1.82) is 0 Å². The monoisotopic (exact) mass is 306 g/mol. The molecule has 0 aliphatic carbocycles. The second-order valence-corrected chi connectivity index (χ2v) is 7.11. The molecule has 0 fully saturated rings. The van der Waals surface area contributed by atoms with Crippen molar-refractivity contribution in [1.82, 2.24) is 0 Å². The zero-order valence-electron chi connectivity index (χ0n) is 9.91. The molecule has 0 bridgehead atoms. The van der Waals surface area contributed by atoms with Gasteiger partial charge < -0.3 is 14.9 Å². The van der Waals surface area contributed by atoms with E-state index in [2.05, 4.69) is 0 Å². The van der Waals surface area contributed by atoms with E-state index in [0.29, 0.717) is 0 Å². The van der Waals surface area contributed by atoms with Gasteiger partial charge in [-0.3, -0.25) is 4.79 Å². The number of rotatable bonds is 4. The summed E-state index contributed by atoms with van der Waals surface area (Å²) in [6, 6.07) is 0. The minimum absolute atomic E-state index is 0.213. The number of ether oxygens (including phenoxy) is 1. The molecule has 0 unspecified atom stereocenters. The van der Waals surface area contributed by atoms with Crippen molar-refractivity contribution in [3.8, 4) is 0 Å². The topological polar surface area (TPSA) is 66.8 Å². The van der Waals surface area contributed by atoms with E-state index in [4.69, 9.17) is 39.5 Å². The Morgan fingerprint density at radius 2 is 1.71 bits per heavy atom. The molecule has 2 N–H and O–H groups in total. The molecular weight excluding hydrogens is 290 g/mol. The average Bonchev–Trinajstić information content (AvgIpc) is 1.96. The van der Waals surface area contributed by atoms with Crippen LogP contribution in [-0.4, -0.2) is 37.8 Å². The Labute approximate surface area is 116 Å². The van der Waals surface area contributed by atoms with Crippen LogP contribution in [0.2, 0.25) is 0 Å². The molecule has 0 saturated heterocycles. The van der Waals surface area contributed by atoms with Crippen LogP contribution in [0.1, 0.15) is 33.6 Å². The summed E-state index contributed by atoms with van der Waals surface area (Å²) in [5.41, 5.74) is -0.620. The molecule has 17 heavy (non-hydrogen) atoms. The molecule has 0 heterocycles. The number of aliphatic hydroxyl groups excluding tert-OH is 2. The first-order valence-corrected chi connectivity index (χ1v) is 6.20. The second-order valence-electron chi connectivity index (χ2n) is 4.74. The number of hydrogen-bond donors (Lipinski definition) is 2. The quantitative estimate of drug-likeness (QED) is 0.617. The van der Waals surface area contributed by atoms with Gasteiger partial charge in [-0.15, -0.1) is 0 Å². The zero-order valence-corrected chi connectivity index (χ0v) is 12.2. The van der Waals surface area contributed by atoms with Gasteiger partial charge in [0.25, 0.3) is 0 Å². The molecule has 0 radical (unpaired) electrons. The van der Waals surface area contributed by atoms with Crippen LogP contribution in [0.4, 0.5) is 0 Å². The van der Waals surface area contributed by atoms with Gasteiger partial charge in [0.05, 0.1) is 12.5 Å². The molecule has 0 saturated carbocycles. The average molecular weight is 308 g/mol. The van der Waals surface area contributed by atoms with Crippen LogP contribution in [-0.2, 0) is 9.53 Å². The Morgan fingerprint density at radius 3 is 2.06 bits per heavy atom. The summed E-state index contributed by atoms with van der Waals surface area (Å²) in [5, 5.41) is 18.9. The fourth-order valence-electron chi connectivity index (χ4n) is 1.05. The van der Waals surface area contributed by atoms with E-state index >= 15 is 0 Å². The van der Waals surface area contributed by atoms with Crippen molar-refractivity contribution in [2.45, 2.75) is 55.2 Å². The highest BCUT2D eigenvalue weighted by molar-refractivity contribution is 6.68. The van der Waals surface area contributed by atoms with Crippen molar-refractivity contribution in [3.05, 3.63) is 0 Å². The third kappa shape index (κ3) is 8.91. The lowest BCUT2D eigenvalue weighted by molar-refractivity contribution is -0.157. The maximum absolute atomic E-state index is 11.3. The Bertz CT molecular complexity index is 257. The van der Waals surface area contributed by atoms with Crippen LogP contribution in [0.5, 0.6) is 0 Å². The Kier molecular flexibility index (Phi) is 6.53. The van der Waals surface area contributed by atoms with Gasteiger partial charge in [-0.05, 0) is 20.8 Å². The summed E-state index contributed by atoms with van der Waals surface area (Å²) in [6.07, 6.45) is -2.93. The number of alkyl halides is 3. The van der Waals surface area contributed by atoms with Gasteiger partial charge in [-0.2, -0.15) is 0 Å². The third-order valence-electron chi connectivity index (χ3n) is 1.70. The van der Waals surface area contributed by atoms with Crippen LogP contribution < -0.4 is 0 Å². The lowest BCUT2D eigenvalue weighted by Crippen LogP contribution is -2.32. The first-order chi connectivity index (χ1) is 7.42. The highest BCUT2D eigenvalue weighted by Crippen LogP contribution is 2.32. The lowest BCUT2D eigenvalue weighted by atomic mass is 10.1. The van der Waals surface area contributed by atoms with E-state index < -0.39 is 27.6 Å². The summed E-state index contributed by atoms with van der Waals surface area (Å²) >= 11 is 16.3. The van der Waals surface area contributed by atoms with E-state index in [1.165, 1.54) is 0 Å². The number of aliphatic hydroxyl groups is 2. The highest BCUT2D eigenvalue weighted by Gasteiger charge is 2.33. The molecule has 0 spiro atoms. The van der Waals surface area contributed by atoms with Crippen molar-refractivity contribution in [2.24, 2.45) is 0 Å². The highest BCUT2D eigenvalue weighted by atomic mass is 35.6. The van der Waals surface area contributed by atoms with E-state index in [0.717, 1.165) is 0 Å². The fourth-order valence-corrected chi connectivity index (χ4v) is 1.32. The van der Waals surface area contributed by atoms with Crippen molar-refractivity contribution < 1.29 is 19.7 Å². The Balaban J connectivity index is 4.11. The van der Waals surface area contributed by atoms with Crippen LogP contribution in [0.3, 0.4) is 0 Å². The molecule has 0 aromatic heterocycles. The van der Waals surface area contributed by atoms with Gasteiger partial charge in [-0.1, -0.05) is 34.8 Å². The number of hydrogen-bond acceptors (Lipinski definition) is 4. The lowest BCUT2D eigenvalue weighted by Gasteiger charge is -2.23. The molecule has 102 valence electrons. The van der Waals surface area contributed by atoms with Gasteiger partial charge >= 0.3 is 5.97 Å². The summed E-state index contributed by atoms with van der Waals surface area (Å²) in [5.74, 6) is -0.568. The Morgan fingerprint density at radius 1 is 1.24 bits per heavy atom. The van der Waals surface area contributed by atoms with E-state index in [1.54, 1.807) is 20.8 Å². The predicted molar refractivity (Wildman–Crippen MR) is 67.4 cm³/mol. The number of carbonyl (C=O) groups excluding carboxylic acids is 1. The van der Waals surface area contributed by atoms with Gasteiger partial charge in [0.1, 0.15) is 11.7 Å². The molecule has 2 atom stereocenters. The SMILES string of the molecule is CC(C)(C)OC(=O)C[C@H](O)C[C@H](O)C(Cl)(Cl)Cl. The minimum Gasteiger partial charge on any atom is -0.460 e. The van der Waals surface area contributed by atoms with Crippen LogP contribution in [0.25, 0.3) is 0 Å². The van der Waals surface area contributed by atoms with Gasteiger partial charge in [0, 0.05) is 6.42 Å². The van der Waals surface area contributed by atoms with Gasteiger partial charge in [0.2, 0.25) is 3.79 Å². The maximum Gasteiger partial charge on any atom is 0.308 e. The molecule has 0 rings (SSSR count). The molecule has 0 aliphatic heterocycles. The van der Waals surface area contributed by atoms with Crippen molar-refractivity contribution in [3.63, 3.8) is 0 Å². The van der Waals surface area contributed by atoms with Crippen molar-refractivity contribution >= 4 is 40.8 Å². The van der Waals surface area contributed by atoms with E-state index in [9.17, 15) is 15.0 Å². The number of halogens is 3. The van der Waals surface area contributed by atoms with Gasteiger partial charge in [0.15, 0.2) is 0 Å². The second kappa shape index (κ2) is 6.43. The summed E-state index contributed by atoms with van der Waals surface area (Å²) in [4.78, 5) is 11.3. The predicted octanol–water partition coefficient (Wildman–Crippen LogP) is 2.20. The summed E-state index contributed by atoms with van der Waals surface area (Å²) in [7, 11) is 0. The third-order valence-corrected chi connectivity index (χ3v) is 2.45. The molecule has 0 aliphatic rings. The summed E-state index contributed by atoms with van der Waals surface area (Å²) in [6.45, 7) is 5.15. The number of carbonyl (C=O) groups is 1. The normalized spacial score (nSPS) is 16.5. The molecule has 0 amide bonds. The Hall–Kier alpha value is 0.260.